The molecular weight excluding hydrogens is 320 g/mol. The van der Waals surface area contributed by atoms with Crippen LogP contribution in [-0.2, 0) is 0 Å². The molecule has 0 saturated heterocycles. The van der Waals surface area contributed by atoms with Gasteiger partial charge in [-0.15, -0.1) is 0 Å². The van der Waals surface area contributed by atoms with E-state index in [1.165, 1.54) is 0 Å². The summed E-state index contributed by atoms with van der Waals surface area (Å²) < 4.78 is 0. The number of ketones is 1. The number of benzene rings is 2. The van der Waals surface area contributed by atoms with Crippen LogP contribution >= 0.6 is 12.2 Å². The van der Waals surface area contributed by atoms with E-state index in [4.69, 9.17) is 12.2 Å². The van der Waals surface area contributed by atoms with Gasteiger partial charge in [0, 0.05) is 23.9 Å². The van der Waals surface area contributed by atoms with E-state index in [2.05, 4.69) is 5.32 Å². The smallest absolute Gasteiger partial charge is 0.193 e. The second-order valence-electron chi connectivity index (χ2n) is 5.73. The fraction of sp³-hybridized carbons (Fsp3) is 0.158. The number of rotatable bonds is 3. The van der Waals surface area contributed by atoms with E-state index in [9.17, 15) is 9.90 Å². The normalized spacial score (nSPS) is 17.7. The summed E-state index contributed by atoms with van der Waals surface area (Å²) in [7, 11) is 1.84. The van der Waals surface area contributed by atoms with Crippen LogP contribution in [0.3, 0.4) is 0 Å². The lowest BCUT2D eigenvalue weighted by molar-refractivity contribution is 0.102. The van der Waals surface area contributed by atoms with Crippen molar-refractivity contribution in [2.75, 3.05) is 7.05 Å². The zero-order valence-electron chi connectivity index (χ0n) is 13.5. The summed E-state index contributed by atoms with van der Waals surface area (Å²) in [5.41, 5.74) is 2.99. The molecule has 5 heteroatoms. The van der Waals surface area contributed by atoms with Crippen molar-refractivity contribution in [2.45, 2.75) is 13.0 Å². The highest BCUT2D eigenvalue weighted by molar-refractivity contribution is 7.80. The molecule has 2 N–H and O–H groups in total. The number of carbonyl (C=O) groups is 1. The summed E-state index contributed by atoms with van der Waals surface area (Å²) in [6.45, 7) is 1.90. The number of phenols is 1. The van der Waals surface area contributed by atoms with Crippen molar-refractivity contribution in [3.8, 4) is 5.75 Å². The zero-order valence-corrected chi connectivity index (χ0v) is 14.3. The second-order valence-corrected chi connectivity index (χ2v) is 6.11. The van der Waals surface area contributed by atoms with Gasteiger partial charge in [-0.3, -0.25) is 4.79 Å². The molecule has 1 aliphatic heterocycles. The first-order valence-corrected chi connectivity index (χ1v) is 8.03. The molecule has 122 valence electrons. The highest BCUT2D eigenvalue weighted by atomic mass is 32.1. The summed E-state index contributed by atoms with van der Waals surface area (Å²) in [6, 6.07) is 15.7. The lowest BCUT2D eigenvalue weighted by Gasteiger charge is -2.36. The minimum atomic E-state index is -0.345. The van der Waals surface area contributed by atoms with Crippen molar-refractivity contribution < 1.29 is 9.90 Å². The molecule has 2 aromatic carbocycles. The summed E-state index contributed by atoms with van der Waals surface area (Å²) in [5, 5.41) is 13.3. The number of nitrogens with one attached hydrogen (secondary N) is 1. The molecule has 4 nitrogen and oxygen atoms in total. The first-order valence-electron chi connectivity index (χ1n) is 7.62. The average Bonchev–Trinajstić information content (AvgIpc) is 2.60. The summed E-state index contributed by atoms with van der Waals surface area (Å²) in [5.74, 6) is 0.152. The van der Waals surface area contributed by atoms with Gasteiger partial charge in [-0.2, -0.15) is 0 Å². The molecule has 0 radical (unpaired) electrons. The molecule has 1 atom stereocenters. The predicted molar refractivity (Wildman–Crippen MR) is 97.8 cm³/mol. The number of phenolic OH excluding ortho intramolecular Hbond substituents is 1. The van der Waals surface area contributed by atoms with Crippen LogP contribution in [0.4, 0.5) is 0 Å². The Kier molecular flexibility index (Phi) is 4.36. The quantitative estimate of drug-likeness (QED) is 0.663. The van der Waals surface area contributed by atoms with Gasteiger partial charge in [0.05, 0.1) is 6.04 Å². The average molecular weight is 338 g/mol. The Morgan fingerprint density at radius 1 is 1.12 bits per heavy atom. The predicted octanol–water partition coefficient (Wildman–Crippen LogP) is 3.41. The number of carbonyl (C=O) groups excluding carboxylic acids is 1. The Hall–Kier alpha value is -2.66. The van der Waals surface area contributed by atoms with Gasteiger partial charge < -0.3 is 15.3 Å². The maximum atomic E-state index is 13.1. The first kappa shape index (κ1) is 16.2. The molecular formula is C19H18N2O2S. The van der Waals surface area contributed by atoms with E-state index in [1.807, 2.05) is 49.2 Å². The Bertz CT molecular complexity index is 813. The van der Waals surface area contributed by atoms with Crippen LogP contribution in [0.15, 0.2) is 65.9 Å². The van der Waals surface area contributed by atoms with Crippen LogP contribution in [0.2, 0.25) is 0 Å². The Morgan fingerprint density at radius 2 is 1.75 bits per heavy atom. The van der Waals surface area contributed by atoms with Crippen LogP contribution in [0.1, 0.15) is 28.9 Å². The van der Waals surface area contributed by atoms with Crippen LogP contribution in [0.25, 0.3) is 0 Å². The van der Waals surface area contributed by atoms with Crippen molar-refractivity contribution in [3.63, 3.8) is 0 Å². The monoisotopic (exact) mass is 338 g/mol. The third kappa shape index (κ3) is 2.90. The lowest BCUT2D eigenvalue weighted by Crippen LogP contribution is -2.45. The Balaban J connectivity index is 2.11. The molecule has 0 aromatic heterocycles. The van der Waals surface area contributed by atoms with Gasteiger partial charge in [0.25, 0.3) is 0 Å². The van der Waals surface area contributed by atoms with Crippen molar-refractivity contribution in [3.05, 3.63) is 77.0 Å². The highest BCUT2D eigenvalue weighted by Gasteiger charge is 2.32. The molecule has 3 rings (SSSR count). The number of aromatic hydroxyl groups is 1. The maximum absolute atomic E-state index is 13.1. The molecule has 24 heavy (non-hydrogen) atoms. The summed E-state index contributed by atoms with van der Waals surface area (Å²) in [6.07, 6.45) is 0. The van der Waals surface area contributed by atoms with Gasteiger partial charge in [-0.25, -0.2) is 0 Å². The molecule has 2 aromatic rings. The van der Waals surface area contributed by atoms with Crippen molar-refractivity contribution in [1.29, 1.82) is 0 Å². The number of hydrogen-bond acceptors (Lipinski definition) is 3. The van der Waals surface area contributed by atoms with E-state index in [0.29, 0.717) is 16.2 Å². The first-order chi connectivity index (χ1) is 11.5. The Labute approximate surface area is 146 Å². The number of nitrogens with zero attached hydrogens (tertiary/aromatic N) is 1. The molecule has 0 amide bonds. The van der Waals surface area contributed by atoms with Gasteiger partial charge >= 0.3 is 0 Å². The fourth-order valence-electron chi connectivity index (χ4n) is 2.79. The number of allylic oxidation sites excluding steroid dienone is 1. The third-order valence-corrected chi connectivity index (χ3v) is 4.65. The van der Waals surface area contributed by atoms with Crippen LogP contribution < -0.4 is 5.32 Å². The van der Waals surface area contributed by atoms with Crippen molar-refractivity contribution >= 4 is 23.1 Å². The number of Topliss-reactive ketones (excluding diaryl/α,β-unsaturated/α-hetero) is 1. The molecule has 1 heterocycles. The lowest BCUT2D eigenvalue weighted by atomic mass is 9.89. The third-order valence-electron chi connectivity index (χ3n) is 4.26. The van der Waals surface area contributed by atoms with Gasteiger partial charge in [-0.05, 0) is 36.8 Å². The van der Waals surface area contributed by atoms with Crippen LogP contribution in [0, 0.1) is 0 Å². The van der Waals surface area contributed by atoms with Crippen molar-refractivity contribution in [2.24, 2.45) is 0 Å². The minimum absolute atomic E-state index is 0.0342. The summed E-state index contributed by atoms with van der Waals surface area (Å²) in [4.78, 5) is 14.9. The van der Waals surface area contributed by atoms with Crippen LogP contribution in [-0.4, -0.2) is 27.9 Å². The largest absolute Gasteiger partial charge is 0.508 e. The number of hydrogen-bond donors (Lipinski definition) is 2. The highest BCUT2D eigenvalue weighted by Crippen LogP contribution is 2.32. The van der Waals surface area contributed by atoms with Crippen LogP contribution in [0.5, 0.6) is 5.75 Å². The zero-order chi connectivity index (χ0) is 17.3. The minimum Gasteiger partial charge on any atom is -0.508 e. The van der Waals surface area contributed by atoms with E-state index in [0.717, 1.165) is 11.3 Å². The number of thiocarbonyl (C=S) groups is 1. The summed E-state index contributed by atoms with van der Waals surface area (Å²) >= 11 is 5.38. The standard InChI is InChI=1S/C19H18N2O2S/c1-12-16(18(23)14-6-4-3-5-7-14)17(20-19(24)21(12)2)13-8-10-15(22)11-9-13/h3-11,17,22H,1-2H3,(H,20,24). The second kappa shape index (κ2) is 6.45. The van der Waals surface area contributed by atoms with Crippen molar-refractivity contribution in [1.82, 2.24) is 10.2 Å². The van der Waals surface area contributed by atoms with E-state index in [-0.39, 0.29) is 17.6 Å². The molecule has 0 bridgehead atoms. The maximum Gasteiger partial charge on any atom is 0.193 e. The Morgan fingerprint density at radius 3 is 2.38 bits per heavy atom. The molecule has 0 saturated carbocycles. The SMILES string of the molecule is CC1=C(C(=O)c2ccccc2)C(c2ccc(O)cc2)NC(=S)N1C. The molecule has 0 fully saturated rings. The van der Waals surface area contributed by atoms with Gasteiger partial charge in [0.1, 0.15) is 5.75 Å². The van der Waals surface area contributed by atoms with Gasteiger partial charge in [0.2, 0.25) is 0 Å². The topological polar surface area (TPSA) is 52.6 Å². The molecule has 1 aliphatic rings. The fourth-order valence-corrected chi connectivity index (χ4v) is 3.05. The van der Waals surface area contributed by atoms with E-state index in [1.54, 1.807) is 24.3 Å². The molecule has 0 aliphatic carbocycles. The van der Waals surface area contributed by atoms with Gasteiger partial charge in [0.15, 0.2) is 10.9 Å². The van der Waals surface area contributed by atoms with E-state index < -0.39 is 0 Å². The van der Waals surface area contributed by atoms with E-state index >= 15 is 0 Å². The van der Waals surface area contributed by atoms with Gasteiger partial charge in [-0.1, -0.05) is 42.5 Å². The molecule has 0 spiro atoms. The molecule has 1 unspecified atom stereocenters.